The fraction of sp³-hybridized carbons (Fsp3) is 0.692. The molecule has 5 heteroatoms. The Hall–Kier alpha value is -1.36. The molecule has 0 aliphatic carbocycles. The summed E-state index contributed by atoms with van der Waals surface area (Å²) in [4.78, 5) is 10.7. The molecule has 0 bridgehead atoms. The number of rotatable bonds is 3. The second-order valence-corrected chi connectivity index (χ2v) is 5.39. The van der Waals surface area contributed by atoms with E-state index in [1.807, 2.05) is 19.9 Å². The number of ether oxygens (including phenoxy) is 1. The molecule has 1 fully saturated rings. The van der Waals surface area contributed by atoms with Gasteiger partial charge in [0.15, 0.2) is 0 Å². The zero-order valence-corrected chi connectivity index (χ0v) is 11.3. The van der Waals surface area contributed by atoms with Crippen molar-refractivity contribution >= 4 is 5.82 Å². The maximum atomic E-state index is 6.06. The lowest BCUT2D eigenvalue weighted by atomic mass is 9.97. The number of nitrogens with zero attached hydrogens (tertiary/aromatic N) is 3. The van der Waals surface area contributed by atoms with Gasteiger partial charge in [-0.25, -0.2) is 9.97 Å². The lowest BCUT2D eigenvalue weighted by Gasteiger charge is -2.35. The fourth-order valence-electron chi connectivity index (χ4n) is 2.40. The third kappa shape index (κ3) is 3.32. The van der Waals surface area contributed by atoms with E-state index in [-0.39, 0.29) is 12.1 Å². The van der Waals surface area contributed by atoms with Gasteiger partial charge < -0.3 is 15.4 Å². The largest absolute Gasteiger partial charge is 0.475 e. The molecule has 0 saturated carbocycles. The number of piperidine rings is 1. The maximum Gasteiger partial charge on any atom is 0.218 e. The van der Waals surface area contributed by atoms with Crippen LogP contribution < -0.4 is 15.4 Å². The molecule has 2 N–H and O–H groups in total. The summed E-state index contributed by atoms with van der Waals surface area (Å²) in [6.07, 6.45) is 2.75. The van der Waals surface area contributed by atoms with Crippen molar-refractivity contribution in [2.45, 2.75) is 39.3 Å². The summed E-state index contributed by atoms with van der Waals surface area (Å²) in [5.41, 5.74) is 6.06. The van der Waals surface area contributed by atoms with Gasteiger partial charge in [-0.15, -0.1) is 0 Å². The van der Waals surface area contributed by atoms with Crippen molar-refractivity contribution in [3.8, 4) is 5.88 Å². The summed E-state index contributed by atoms with van der Waals surface area (Å²) >= 11 is 0. The van der Waals surface area contributed by atoms with Crippen molar-refractivity contribution in [1.82, 2.24) is 9.97 Å². The standard InChI is InChI=1S/C13H22N4O/c1-9(2)18-13-5-12(15-8-16-13)17-6-10(3)4-11(14)7-17/h5,8-11H,4,6-7,14H2,1-3H3. The van der Waals surface area contributed by atoms with E-state index in [0.29, 0.717) is 11.8 Å². The summed E-state index contributed by atoms with van der Waals surface area (Å²) < 4.78 is 5.59. The number of nitrogens with two attached hydrogens (primary N) is 1. The Morgan fingerprint density at radius 3 is 2.83 bits per heavy atom. The Morgan fingerprint density at radius 2 is 2.17 bits per heavy atom. The highest BCUT2D eigenvalue weighted by Gasteiger charge is 2.23. The number of anilines is 1. The highest BCUT2D eigenvalue weighted by molar-refractivity contribution is 5.41. The fourth-order valence-corrected chi connectivity index (χ4v) is 2.40. The van der Waals surface area contributed by atoms with Crippen LogP contribution in [0.2, 0.25) is 0 Å². The van der Waals surface area contributed by atoms with E-state index in [0.717, 1.165) is 25.3 Å². The predicted octanol–water partition coefficient (Wildman–Crippen LogP) is 1.44. The molecular weight excluding hydrogens is 228 g/mol. The molecule has 0 aromatic carbocycles. The highest BCUT2D eigenvalue weighted by atomic mass is 16.5. The lowest BCUT2D eigenvalue weighted by Crippen LogP contribution is -2.46. The van der Waals surface area contributed by atoms with Crippen molar-refractivity contribution in [1.29, 1.82) is 0 Å². The molecule has 1 aromatic heterocycles. The van der Waals surface area contributed by atoms with Gasteiger partial charge in [-0.3, -0.25) is 0 Å². The molecule has 5 nitrogen and oxygen atoms in total. The van der Waals surface area contributed by atoms with Gasteiger partial charge in [0.25, 0.3) is 0 Å². The van der Waals surface area contributed by atoms with Crippen LogP contribution in [0.4, 0.5) is 5.82 Å². The highest BCUT2D eigenvalue weighted by Crippen LogP contribution is 2.22. The van der Waals surface area contributed by atoms with E-state index in [1.165, 1.54) is 0 Å². The molecule has 18 heavy (non-hydrogen) atoms. The molecule has 100 valence electrons. The molecule has 2 rings (SSSR count). The molecule has 1 aliphatic rings. The van der Waals surface area contributed by atoms with Gasteiger partial charge >= 0.3 is 0 Å². The normalized spacial score (nSPS) is 24.4. The van der Waals surface area contributed by atoms with Crippen molar-refractivity contribution in [3.63, 3.8) is 0 Å². The summed E-state index contributed by atoms with van der Waals surface area (Å²) in [7, 11) is 0. The first-order valence-electron chi connectivity index (χ1n) is 6.54. The molecule has 2 heterocycles. The van der Waals surface area contributed by atoms with Gasteiger partial charge in [0.05, 0.1) is 6.10 Å². The number of hydrogen-bond acceptors (Lipinski definition) is 5. The molecule has 0 amide bonds. The summed E-state index contributed by atoms with van der Waals surface area (Å²) in [5, 5.41) is 0. The smallest absolute Gasteiger partial charge is 0.218 e. The summed E-state index contributed by atoms with van der Waals surface area (Å²) in [6, 6.07) is 2.11. The third-order valence-electron chi connectivity index (χ3n) is 3.00. The maximum absolute atomic E-state index is 6.06. The van der Waals surface area contributed by atoms with Crippen molar-refractivity contribution in [3.05, 3.63) is 12.4 Å². The third-order valence-corrected chi connectivity index (χ3v) is 3.00. The van der Waals surface area contributed by atoms with E-state index >= 15 is 0 Å². The minimum Gasteiger partial charge on any atom is -0.475 e. The van der Waals surface area contributed by atoms with Crippen LogP contribution >= 0.6 is 0 Å². The van der Waals surface area contributed by atoms with Crippen molar-refractivity contribution in [2.24, 2.45) is 11.7 Å². The Bertz CT molecular complexity index is 386. The van der Waals surface area contributed by atoms with Crippen LogP contribution in [0.15, 0.2) is 12.4 Å². The van der Waals surface area contributed by atoms with Gasteiger partial charge in [0.1, 0.15) is 12.1 Å². The average molecular weight is 250 g/mol. The Labute approximate surface area is 108 Å². The predicted molar refractivity (Wildman–Crippen MR) is 71.8 cm³/mol. The molecule has 0 radical (unpaired) electrons. The molecule has 1 saturated heterocycles. The molecular formula is C13H22N4O. The second kappa shape index (κ2) is 5.52. The molecule has 2 atom stereocenters. The first kappa shape index (κ1) is 13.1. The average Bonchev–Trinajstić information content (AvgIpc) is 2.27. The Kier molecular flexibility index (Phi) is 4.01. The van der Waals surface area contributed by atoms with E-state index in [4.69, 9.17) is 10.5 Å². The van der Waals surface area contributed by atoms with Crippen LogP contribution in [0.1, 0.15) is 27.2 Å². The van der Waals surface area contributed by atoms with Gasteiger partial charge in [-0.05, 0) is 26.2 Å². The second-order valence-electron chi connectivity index (χ2n) is 5.39. The summed E-state index contributed by atoms with van der Waals surface area (Å²) in [5.74, 6) is 2.13. The van der Waals surface area contributed by atoms with Crippen LogP contribution in [0.3, 0.4) is 0 Å². The van der Waals surface area contributed by atoms with E-state index in [1.54, 1.807) is 6.33 Å². The van der Waals surface area contributed by atoms with Crippen LogP contribution in [0.25, 0.3) is 0 Å². The Morgan fingerprint density at radius 1 is 1.39 bits per heavy atom. The number of hydrogen-bond donors (Lipinski definition) is 1. The lowest BCUT2D eigenvalue weighted by molar-refractivity contribution is 0.232. The monoisotopic (exact) mass is 250 g/mol. The van der Waals surface area contributed by atoms with Gasteiger partial charge in [0.2, 0.25) is 5.88 Å². The minimum atomic E-state index is 0.121. The molecule has 2 unspecified atom stereocenters. The van der Waals surface area contributed by atoms with Crippen molar-refractivity contribution in [2.75, 3.05) is 18.0 Å². The van der Waals surface area contributed by atoms with Gasteiger partial charge in [-0.1, -0.05) is 6.92 Å². The van der Waals surface area contributed by atoms with Gasteiger partial charge in [0, 0.05) is 25.2 Å². The number of aromatic nitrogens is 2. The quantitative estimate of drug-likeness (QED) is 0.879. The van der Waals surface area contributed by atoms with E-state index in [9.17, 15) is 0 Å². The Balaban J connectivity index is 2.12. The topological polar surface area (TPSA) is 64.3 Å². The van der Waals surface area contributed by atoms with Gasteiger partial charge in [-0.2, -0.15) is 0 Å². The van der Waals surface area contributed by atoms with Crippen LogP contribution in [-0.2, 0) is 0 Å². The van der Waals surface area contributed by atoms with Crippen LogP contribution in [-0.4, -0.2) is 35.2 Å². The van der Waals surface area contributed by atoms with E-state index in [2.05, 4.69) is 21.8 Å². The first-order chi connectivity index (χ1) is 8.54. The molecule has 1 aliphatic heterocycles. The molecule has 1 aromatic rings. The van der Waals surface area contributed by atoms with Crippen LogP contribution in [0.5, 0.6) is 5.88 Å². The zero-order chi connectivity index (χ0) is 13.1. The van der Waals surface area contributed by atoms with Crippen molar-refractivity contribution < 1.29 is 4.74 Å². The van der Waals surface area contributed by atoms with Crippen LogP contribution in [0, 0.1) is 5.92 Å². The molecule has 0 spiro atoms. The summed E-state index contributed by atoms with van der Waals surface area (Å²) in [6.45, 7) is 8.04. The minimum absolute atomic E-state index is 0.121. The zero-order valence-electron chi connectivity index (χ0n) is 11.3. The first-order valence-corrected chi connectivity index (χ1v) is 6.54. The van der Waals surface area contributed by atoms with E-state index < -0.39 is 0 Å². The SMILES string of the molecule is CC1CC(N)CN(c2cc(OC(C)C)ncn2)C1.